The Hall–Kier alpha value is -1.60. The van der Waals surface area contributed by atoms with E-state index in [9.17, 15) is 13.2 Å². The van der Waals surface area contributed by atoms with Gasteiger partial charge in [0.15, 0.2) is 5.75 Å². The Kier molecular flexibility index (Phi) is 6.37. The van der Waals surface area contributed by atoms with Crippen LogP contribution in [-0.2, 0) is 21.2 Å². The highest BCUT2D eigenvalue weighted by Gasteiger charge is 2.26. The molecule has 0 aliphatic carbocycles. The van der Waals surface area contributed by atoms with Crippen LogP contribution in [0.5, 0.6) is 0 Å². The summed E-state index contributed by atoms with van der Waals surface area (Å²) in [5.74, 6) is -2.04. The SMILES string of the molecule is CCN(c1cc(C(C)C)ccc1CCN)S(=O)(=O)CC(=O)O. The first-order valence-electron chi connectivity index (χ1n) is 7.28. The van der Waals surface area contributed by atoms with E-state index in [0.717, 1.165) is 15.4 Å². The smallest absolute Gasteiger partial charge is 0.320 e. The van der Waals surface area contributed by atoms with Crippen LogP contribution in [0.2, 0.25) is 0 Å². The number of carboxylic acid groups (broad SMARTS) is 1. The number of rotatable bonds is 8. The number of anilines is 1. The van der Waals surface area contributed by atoms with Gasteiger partial charge in [-0.1, -0.05) is 26.0 Å². The molecular weight excluding hydrogens is 304 g/mol. The standard InChI is InChI=1S/C15H24N2O4S/c1-4-17(22(20,21)10-15(18)19)14-9-13(11(2)3)6-5-12(14)7-8-16/h5-6,9,11H,4,7-8,10,16H2,1-3H3,(H,18,19). The maximum Gasteiger partial charge on any atom is 0.320 e. The molecule has 0 atom stereocenters. The summed E-state index contributed by atoms with van der Waals surface area (Å²) in [5.41, 5.74) is 7.93. The van der Waals surface area contributed by atoms with Gasteiger partial charge in [-0.2, -0.15) is 0 Å². The molecule has 0 spiro atoms. The van der Waals surface area contributed by atoms with Gasteiger partial charge in [0.2, 0.25) is 10.0 Å². The quantitative estimate of drug-likeness (QED) is 0.754. The van der Waals surface area contributed by atoms with Gasteiger partial charge in [0.05, 0.1) is 5.69 Å². The van der Waals surface area contributed by atoms with Gasteiger partial charge < -0.3 is 10.8 Å². The van der Waals surface area contributed by atoms with Crippen molar-refractivity contribution in [3.8, 4) is 0 Å². The largest absolute Gasteiger partial charge is 0.480 e. The van der Waals surface area contributed by atoms with Gasteiger partial charge >= 0.3 is 5.97 Å². The normalized spacial score (nSPS) is 11.7. The molecule has 1 aromatic carbocycles. The van der Waals surface area contributed by atoms with Crippen LogP contribution < -0.4 is 10.0 Å². The van der Waals surface area contributed by atoms with Gasteiger partial charge in [0.25, 0.3) is 0 Å². The molecule has 0 aliphatic rings. The number of carbonyl (C=O) groups is 1. The Labute approximate surface area is 132 Å². The number of carboxylic acids is 1. The predicted octanol–water partition coefficient (Wildman–Crippen LogP) is 1.55. The lowest BCUT2D eigenvalue weighted by Crippen LogP contribution is -2.36. The van der Waals surface area contributed by atoms with E-state index in [1.165, 1.54) is 0 Å². The number of hydrogen-bond donors (Lipinski definition) is 2. The van der Waals surface area contributed by atoms with Crippen LogP contribution in [0.3, 0.4) is 0 Å². The second-order valence-corrected chi connectivity index (χ2v) is 7.29. The highest BCUT2D eigenvalue weighted by molar-refractivity contribution is 7.93. The van der Waals surface area contributed by atoms with Crippen molar-refractivity contribution in [3.05, 3.63) is 29.3 Å². The molecule has 0 fully saturated rings. The van der Waals surface area contributed by atoms with E-state index in [-0.39, 0.29) is 12.5 Å². The molecule has 0 amide bonds. The number of aliphatic carboxylic acids is 1. The van der Waals surface area contributed by atoms with Crippen molar-refractivity contribution in [2.75, 3.05) is 23.1 Å². The van der Waals surface area contributed by atoms with Gasteiger partial charge in [-0.05, 0) is 43.0 Å². The third kappa shape index (κ3) is 4.45. The van der Waals surface area contributed by atoms with Crippen molar-refractivity contribution in [1.29, 1.82) is 0 Å². The average Bonchev–Trinajstić information content (AvgIpc) is 2.39. The zero-order valence-electron chi connectivity index (χ0n) is 13.2. The first-order chi connectivity index (χ1) is 10.2. The molecular formula is C15H24N2O4S. The summed E-state index contributed by atoms with van der Waals surface area (Å²) in [7, 11) is -3.92. The first-order valence-corrected chi connectivity index (χ1v) is 8.89. The Morgan fingerprint density at radius 3 is 2.45 bits per heavy atom. The van der Waals surface area contributed by atoms with Gasteiger partial charge in [-0.15, -0.1) is 0 Å². The van der Waals surface area contributed by atoms with Crippen LogP contribution in [-0.4, -0.2) is 38.3 Å². The Morgan fingerprint density at radius 1 is 1.36 bits per heavy atom. The predicted molar refractivity (Wildman–Crippen MR) is 87.7 cm³/mol. The minimum atomic E-state index is -3.92. The lowest BCUT2D eigenvalue weighted by molar-refractivity contribution is -0.134. The van der Waals surface area contributed by atoms with Crippen LogP contribution in [0, 0.1) is 0 Å². The van der Waals surface area contributed by atoms with Crippen LogP contribution >= 0.6 is 0 Å². The lowest BCUT2D eigenvalue weighted by Gasteiger charge is -2.26. The molecule has 0 aliphatic heterocycles. The monoisotopic (exact) mass is 328 g/mol. The fraction of sp³-hybridized carbons (Fsp3) is 0.533. The Morgan fingerprint density at radius 2 is 2.00 bits per heavy atom. The highest BCUT2D eigenvalue weighted by atomic mass is 32.2. The van der Waals surface area contributed by atoms with Crippen LogP contribution in [0.25, 0.3) is 0 Å². The van der Waals surface area contributed by atoms with Crippen LogP contribution in [0.4, 0.5) is 5.69 Å². The molecule has 0 saturated heterocycles. The van der Waals surface area contributed by atoms with E-state index in [2.05, 4.69) is 0 Å². The summed E-state index contributed by atoms with van der Waals surface area (Å²) >= 11 is 0. The molecule has 6 nitrogen and oxygen atoms in total. The van der Waals surface area contributed by atoms with Crippen LogP contribution in [0.15, 0.2) is 18.2 Å². The van der Waals surface area contributed by atoms with Gasteiger partial charge in [0, 0.05) is 6.54 Å². The topological polar surface area (TPSA) is 101 Å². The molecule has 7 heteroatoms. The number of hydrogen-bond acceptors (Lipinski definition) is 4. The second kappa shape index (κ2) is 7.60. The van der Waals surface area contributed by atoms with Crippen LogP contribution in [0.1, 0.15) is 37.8 Å². The molecule has 0 bridgehead atoms. The summed E-state index contributed by atoms with van der Waals surface area (Å²) in [6.45, 7) is 6.29. The maximum atomic E-state index is 12.3. The van der Waals surface area contributed by atoms with E-state index in [1.54, 1.807) is 6.92 Å². The summed E-state index contributed by atoms with van der Waals surface area (Å²) in [6.07, 6.45) is 0.535. The molecule has 0 unspecified atom stereocenters. The van der Waals surface area contributed by atoms with E-state index in [1.807, 2.05) is 32.0 Å². The summed E-state index contributed by atoms with van der Waals surface area (Å²) in [5, 5.41) is 8.83. The third-order valence-electron chi connectivity index (χ3n) is 3.39. The number of nitrogens with two attached hydrogens (primary N) is 1. The molecule has 22 heavy (non-hydrogen) atoms. The highest BCUT2D eigenvalue weighted by Crippen LogP contribution is 2.28. The minimum absolute atomic E-state index is 0.175. The van der Waals surface area contributed by atoms with E-state index in [0.29, 0.717) is 18.7 Å². The molecule has 0 aromatic heterocycles. The Balaban J connectivity index is 3.40. The second-order valence-electron chi connectivity index (χ2n) is 5.40. The fourth-order valence-electron chi connectivity index (χ4n) is 2.29. The van der Waals surface area contributed by atoms with Crippen molar-refractivity contribution in [3.63, 3.8) is 0 Å². The Bertz CT molecular complexity index is 626. The van der Waals surface area contributed by atoms with Crippen molar-refractivity contribution < 1.29 is 18.3 Å². The molecule has 3 N–H and O–H groups in total. The van der Waals surface area contributed by atoms with Crippen molar-refractivity contribution >= 4 is 21.7 Å². The molecule has 1 rings (SSSR count). The van der Waals surface area contributed by atoms with Crippen molar-refractivity contribution in [2.24, 2.45) is 5.73 Å². The number of nitrogens with zero attached hydrogens (tertiary/aromatic N) is 1. The lowest BCUT2D eigenvalue weighted by atomic mass is 9.99. The van der Waals surface area contributed by atoms with Crippen molar-refractivity contribution in [2.45, 2.75) is 33.1 Å². The van der Waals surface area contributed by atoms with E-state index in [4.69, 9.17) is 10.8 Å². The fourth-order valence-corrected chi connectivity index (χ4v) is 3.62. The molecule has 1 aromatic rings. The van der Waals surface area contributed by atoms with Crippen molar-refractivity contribution in [1.82, 2.24) is 0 Å². The summed E-state index contributed by atoms with van der Waals surface area (Å²) in [6, 6.07) is 5.64. The average molecular weight is 328 g/mol. The van der Waals surface area contributed by atoms with Gasteiger partial charge in [0.1, 0.15) is 0 Å². The minimum Gasteiger partial charge on any atom is -0.480 e. The zero-order valence-corrected chi connectivity index (χ0v) is 14.1. The summed E-state index contributed by atoms with van der Waals surface area (Å²) < 4.78 is 25.8. The number of benzene rings is 1. The molecule has 0 heterocycles. The van der Waals surface area contributed by atoms with Gasteiger partial charge in [-0.25, -0.2) is 8.42 Å². The van der Waals surface area contributed by atoms with E-state index >= 15 is 0 Å². The molecule has 124 valence electrons. The third-order valence-corrected chi connectivity index (χ3v) is 5.13. The first kappa shape index (κ1) is 18.4. The zero-order chi connectivity index (χ0) is 16.9. The van der Waals surface area contributed by atoms with E-state index < -0.39 is 21.7 Å². The maximum absolute atomic E-state index is 12.3. The molecule has 0 radical (unpaired) electrons. The molecule has 0 saturated carbocycles. The summed E-state index contributed by atoms with van der Waals surface area (Å²) in [4.78, 5) is 10.8. The number of sulfonamides is 1. The van der Waals surface area contributed by atoms with Gasteiger partial charge in [-0.3, -0.25) is 9.10 Å².